The van der Waals surface area contributed by atoms with E-state index in [4.69, 9.17) is 9.47 Å². The molecule has 3 heterocycles. The molecule has 0 saturated carbocycles. The molecule has 0 aromatic carbocycles. The maximum absolute atomic E-state index is 12.6. The molecule has 0 bridgehead atoms. The monoisotopic (exact) mass is 353 g/mol. The Labute approximate surface area is 147 Å². The molecule has 25 heavy (non-hydrogen) atoms. The largest absolute Gasteiger partial charge is 0.463 e. The summed E-state index contributed by atoms with van der Waals surface area (Å²) >= 11 is 0. The summed E-state index contributed by atoms with van der Waals surface area (Å²) in [5.41, 5.74) is -1.84. The first-order valence-corrected chi connectivity index (χ1v) is 8.96. The van der Waals surface area contributed by atoms with Crippen LogP contribution in [-0.2, 0) is 19.1 Å². The van der Waals surface area contributed by atoms with E-state index in [2.05, 4.69) is 4.90 Å². The molecule has 7 nitrogen and oxygen atoms in total. The lowest BCUT2D eigenvalue weighted by molar-refractivity contribution is -0.176. The van der Waals surface area contributed by atoms with Crippen molar-refractivity contribution in [2.24, 2.45) is 11.8 Å². The standard InChI is InChI=1S/C18H27NO6/c1-4-12-15(20)10(2)18(3,23)17(22)24-9-11-5-7-19-8-6-13(14(11)19)25-16(12)21/h4,10-11,13-15,20,23H,5-9H2,1-3H3/b12-4-/t10-,11+,13+,14+,15-,18-/m0/s1. The predicted octanol–water partition coefficient (Wildman–Crippen LogP) is 0.244. The normalized spacial score (nSPS) is 44.7. The van der Waals surface area contributed by atoms with Gasteiger partial charge in [0.2, 0.25) is 0 Å². The molecule has 3 aliphatic heterocycles. The van der Waals surface area contributed by atoms with E-state index in [1.807, 2.05) is 0 Å². The van der Waals surface area contributed by atoms with Crippen molar-refractivity contribution in [1.29, 1.82) is 0 Å². The lowest BCUT2D eigenvalue weighted by atomic mass is 9.82. The first-order valence-electron chi connectivity index (χ1n) is 8.96. The van der Waals surface area contributed by atoms with Crippen LogP contribution in [0.4, 0.5) is 0 Å². The van der Waals surface area contributed by atoms with Crippen molar-refractivity contribution in [2.75, 3.05) is 19.7 Å². The van der Waals surface area contributed by atoms with Crippen LogP contribution in [0, 0.1) is 11.8 Å². The van der Waals surface area contributed by atoms with Crippen LogP contribution in [0.5, 0.6) is 0 Å². The molecule has 3 fully saturated rings. The number of allylic oxidation sites excluding steroid dienone is 1. The molecule has 0 aromatic rings. The van der Waals surface area contributed by atoms with Gasteiger partial charge in [-0.3, -0.25) is 4.90 Å². The predicted molar refractivity (Wildman–Crippen MR) is 88.5 cm³/mol. The van der Waals surface area contributed by atoms with Crippen LogP contribution in [0.3, 0.4) is 0 Å². The Balaban J connectivity index is 1.94. The Morgan fingerprint density at radius 1 is 1.28 bits per heavy atom. The highest BCUT2D eigenvalue weighted by atomic mass is 16.6. The minimum atomic E-state index is -1.90. The van der Waals surface area contributed by atoms with Gasteiger partial charge < -0.3 is 19.7 Å². The topological polar surface area (TPSA) is 96.3 Å². The number of cyclic esters (lactones) is 1. The van der Waals surface area contributed by atoms with Gasteiger partial charge >= 0.3 is 11.9 Å². The number of aliphatic hydroxyl groups is 2. The highest BCUT2D eigenvalue weighted by Gasteiger charge is 2.49. The van der Waals surface area contributed by atoms with Crippen molar-refractivity contribution in [2.45, 2.75) is 57.5 Å². The van der Waals surface area contributed by atoms with E-state index in [0.717, 1.165) is 25.9 Å². The van der Waals surface area contributed by atoms with Gasteiger partial charge in [-0.15, -0.1) is 0 Å². The van der Waals surface area contributed by atoms with Crippen LogP contribution in [0.2, 0.25) is 0 Å². The van der Waals surface area contributed by atoms with Gasteiger partial charge in [-0.1, -0.05) is 13.0 Å². The molecule has 3 rings (SSSR count). The van der Waals surface area contributed by atoms with Gasteiger partial charge in [0.05, 0.1) is 24.3 Å². The van der Waals surface area contributed by atoms with Gasteiger partial charge in [0.25, 0.3) is 0 Å². The van der Waals surface area contributed by atoms with Gasteiger partial charge in [-0.05, 0) is 33.2 Å². The first-order chi connectivity index (χ1) is 11.8. The van der Waals surface area contributed by atoms with Gasteiger partial charge in [-0.25, -0.2) is 9.59 Å². The van der Waals surface area contributed by atoms with E-state index in [0.29, 0.717) is 0 Å². The van der Waals surface area contributed by atoms with E-state index in [9.17, 15) is 19.8 Å². The second kappa shape index (κ2) is 6.70. The van der Waals surface area contributed by atoms with Crippen LogP contribution in [0.25, 0.3) is 0 Å². The SMILES string of the molecule is C/C=C1\C(=O)O[C@@H]2CCN3CC[C@H](COC(=O)[C@@](C)(O)[C@@H](C)[C@@H]1O)[C@H]23. The average molecular weight is 353 g/mol. The molecule has 0 spiro atoms. The van der Waals surface area contributed by atoms with Crippen LogP contribution in [0.15, 0.2) is 11.6 Å². The quantitative estimate of drug-likeness (QED) is 0.476. The van der Waals surface area contributed by atoms with Gasteiger partial charge in [0, 0.05) is 18.4 Å². The summed E-state index contributed by atoms with van der Waals surface area (Å²) in [6, 6.07) is 0.0220. The van der Waals surface area contributed by atoms with Crippen molar-refractivity contribution in [1.82, 2.24) is 4.90 Å². The van der Waals surface area contributed by atoms with Crippen molar-refractivity contribution in [3.05, 3.63) is 11.6 Å². The summed E-state index contributed by atoms with van der Waals surface area (Å²) in [6.07, 6.45) is 1.49. The summed E-state index contributed by atoms with van der Waals surface area (Å²) in [6.45, 7) is 6.37. The summed E-state index contributed by atoms with van der Waals surface area (Å²) in [4.78, 5) is 27.3. The first kappa shape index (κ1) is 18.4. The van der Waals surface area contributed by atoms with Crippen molar-refractivity contribution >= 4 is 11.9 Å². The number of esters is 2. The van der Waals surface area contributed by atoms with Crippen molar-refractivity contribution < 1.29 is 29.3 Å². The summed E-state index contributed by atoms with van der Waals surface area (Å²) in [5, 5.41) is 21.2. The Morgan fingerprint density at radius 3 is 2.64 bits per heavy atom. The minimum absolute atomic E-state index is 0.0220. The van der Waals surface area contributed by atoms with Crippen molar-refractivity contribution in [3.63, 3.8) is 0 Å². The molecule has 7 heteroatoms. The molecule has 3 aliphatic rings. The molecule has 140 valence electrons. The molecule has 3 saturated heterocycles. The Morgan fingerprint density at radius 2 is 1.96 bits per heavy atom. The summed E-state index contributed by atoms with van der Waals surface area (Å²) < 4.78 is 11.1. The summed E-state index contributed by atoms with van der Waals surface area (Å²) in [7, 11) is 0. The van der Waals surface area contributed by atoms with E-state index in [1.54, 1.807) is 6.92 Å². The number of hydrogen-bond acceptors (Lipinski definition) is 7. The zero-order chi connectivity index (χ0) is 18.4. The fraction of sp³-hybridized carbons (Fsp3) is 0.778. The second-order valence-electron chi connectivity index (χ2n) is 7.53. The lowest BCUT2D eigenvalue weighted by Crippen LogP contribution is -2.50. The van der Waals surface area contributed by atoms with Gasteiger partial charge in [0.1, 0.15) is 6.10 Å². The fourth-order valence-corrected chi connectivity index (χ4v) is 4.23. The Hall–Kier alpha value is -1.44. The molecule has 0 unspecified atom stereocenters. The summed E-state index contributed by atoms with van der Waals surface area (Å²) in [5.74, 6) is -2.19. The number of aliphatic hydroxyl groups excluding tert-OH is 1. The second-order valence-corrected chi connectivity index (χ2v) is 7.53. The van der Waals surface area contributed by atoms with Crippen molar-refractivity contribution in [3.8, 4) is 0 Å². The van der Waals surface area contributed by atoms with E-state index >= 15 is 0 Å². The van der Waals surface area contributed by atoms with Gasteiger partial charge in [0.15, 0.2) is 5.60 Å². The average Bonchev–Trinajstić information content (AvgIpc) is 3.14. The number of carbonyl (C=O) groups excluding carboxylic acids is 2. The highest BCUT2D eigenvalue weighted by molar-refractivity contribution is 5.90. The van der Waals surface area contributed by atoms with Crippen LogP contribution in [0.1, 0.15) is 33.6 Å². The molecular formula is C18H27NO6. The van der Waals surface area contributed by atoms with Crippen LogP contribution >= 0.6 is 0 Å². The van der Waals surface area contributed by atoms with Gasteiger partial charge in [-0.2, -0.15) is 0 Å². The minimum Gasteiger partial charge on any atom is -0.463 e. The number of ether oxygens (including phenoxy) is 2. The van der Waals surface area contributed by atoms with E-state index in [-0.39, 0.29) is 30.2 Å². The highest BCUT2D eigenvalue weighted by Crippen LogP contribution is 2.37. The Kier molecular flexibility index (Phi) is 4.92. The third-order valence-corrected chi connectivity index (χ3v) is 6.10. The zero-order valence-electron chi connectivity index (χ0n) is 15.0. The molecular weight excluding hydrogens is 326 g/mol. The Bertz CT molecular complexity index is 586. The smallest absolute Gasteiger partial charge is 0.338 e. The maximum Gasteiger partial charge on any atom is 0.338 e. The van der Waals surface area contributed by atoms with E-state index in [1.165, 1.54) is 19.9 Å². The molecule has 6 atom stereocenters. The number of rotatable bonds is 0. The number of carbonyl (C=O) groups is 2. The third kappa shape index (κ3) is 3.09. The number of hydrogen-bond donors (Lipinski definition) is 2. The molecule has 0 aromatic heterocycles. The molecule has 0 radical (unpaired) electrons. The van der Waals surface area contributed by atoms with Crippen LogP contribution < -0.4 is 0 Å². The lowest BCUT2D eigenvalue weighted by Gasteiger charge is -2.34. The number of nitrogens with zero attached hydrogens (tertiary/aromatic N) is 1. The zero-order valence-corrected chi connectivity index (χ0v) is 15.0. The fourth-order valence-electron chi connectivity index (χ4n) is 4.23. The molecule has 2 N–H and O–H groups in total. The molecule has 0 amide bonds. The molecule has 0 aliphatic carbocycles. The maximum atomic E-state index is 12.6. The van der Waals surface area contributed by atoms with E-state index < -0.39 is 29.6 Å². The van der Waals surface area contributed by atoms with Crippen LogP contribution in [-0.4, -0.2) is 70.6 Å². The third-order valence-electron chi connectivity index (χ3n) is 6.10.